The van der Waals surface area contributed by atoms with Crippen molar-refractivity contribution in [3.05, 3.63) is 35.4 Å². The second-order valence-corrected chi connectivity index (χ2v) is 5.03. The molecular formula is C14H21N. The largest absolute Gasteiger partial charge is 0.325 e. The molecule has 1 aromatic rings. The number of hydrogen-bond donors (Lipinski definition) is 1. The average Bonchev–Trinajstić information content (AvgIpc) is 2.82. The highest BCUT2D eigenvalue weighted by atomic mass is 14.9. The fraction of sp³-hybridized carbons (Fsp3) is 0.571. The number of aryl methyl sites for hydroxylation is 1. The summed E-state index contributed by atoms with van der Waals surface area (Å²) in [5.74, 6) is 0.766. The lowest BCUT2D eigenvalue weighted by atomic mass is 9.98. The second kappa shape index (κ2) is 3.97. The van der Waals surface area contributed by atoms with E-state index in [2.05, 4.69) is 38.1 Å². The summed E-state index contributed by atoms with van der Waals surface area (Å²) in [7, 11) is 0. The van der Waals surface area contributed by atoms with Gasteiger partial charge in [-0.3, -0.25) is 0 Å². The molecule has 0 spiro atoms. The van der Waals surface area contributed by atoms with Gasteiger partial charge in [0.25, 0.3) is 0 Å². The first-order valence-corrected chi connectivity index (χ1v) is 5.99. The van der Waals surface area contributed by atoms with E-state index in [9.17, 15) is 0 Å². The molecule has 1 nitrogen and oxygen atoms in total. The monoisotopic (exact) mass is 203 g/mol. The Morgan fingerprint density at radius 3 is 2.80 bits per heavy atom. The van der Waals surface area contributed by atoms with E-state index in [0.29, 0.717) is 0 Å². The van der Waals surface area contributed by atoms with Crippen molar-refractivity contribution in [3.8, 4) is 0 Å². The molecule has 2 N–H and O–H groups in total. The molecule has 0 aromatic heterocycles. The molecule has 0 amide bonds. The van der Waals surface area contributed by atoms with E-state index in [1.807, 2.05) is 0 Å². The lowest BCUT2D eigenvalue weighted by Crippen LogP contribution is -2.28. The molecule has 1 aliphatic carbocycles. The van der Waals surface area contributed by atoms with Gasteiger partial charge in [0.1, 0.15) is 0 Å². The van der Waals surface area contributed by atoms with Crippen LogP contribution in [0.5, 0.6) is 0 Å². The Labute approximate surface area is 92.7 Å². The van der Waals surface area contributed by atoms with Gasteiger partial charge in [-0.05, 0) is 43.2 Å². The zero-order chi connectivity index (χ0) is 10.9. The first-order valence-electron chi connectivity index (χ1n) is 5.99. The molecule has 1 fully saturated rings. The fourth-order valence-corrected chi connectivity index (χ4v) is 2.52. The van der Waals surface area contributed by atoms with Crippen molar-refractivity contribution in [2.75, 3.05) is 0 Å². The molecule has 1 saturated carbocycles. The van der Waals surface area contributed by atoms with Crippen LogP contribution >= 0.6 is 0 Å². The minimum atomic E-state index is 0.113. The second-order valence-electron chi connectivity index (χ2n) is 5.03. The topological polar surface area (TPSA) is 26.0 Å². The maximum absolute atomic E-state index is 6.38. The van der Waals surface area contributed by atoms with Gasteiger partial charge in [-0.15, -0.1) is 0 Å². The van der Waals surface area contributed by atoms with E-state index >= 15 is 0 Å². The summed E-state index contributed by atoms with van der Waals surface area (Å²) in [6, 6.07) is 8.60. The van der Waals surface area contributed by atoms with Crippen LogP contribution in [0.3, 0.4) is 0 Å². The van der Waals surface area contributed by atoms with Gasteiger partial charge >= 0.3 is 0 Å². The third-order valence-corrected chi connectivity index (χ3v) is 3.70. The molecule has 82 valence electrons. The van der Waals surface area contributed by atoms with Crippen LogP contribution in [-0.4, -0.2) is 5.54 Å². The summed E-state index contributed by atoms with van der Waals surface area (Å²) >= 11 is 0. The molecule has 1 heteroatoms. The van der Waals surface area contributed by atoms with E-state index in [-0.39, 0.29) is 5.54 Å². The van der Waals surface area contributed by atoms with Crippen molar-refractivity contribution >= 4 is 0 Å². The highest BCUT2D eigenvalue weighted by molar-refractivity contribution is 5.29. The van der Waals surface area contributed by atoms with Gasteiger partial charge in [0, 0.05) is 5.54 Å². The minimum absolute atomic E-state index is 0.113. The summed E-state index contributed by atoms with van der Waals surface area (Å²) in [6.07, 6.45) is 4.83. The first-order chi connectivity index (χ1) is 7.15. The predicted octanol–water partition coefficient (Wildman–Crippen LogP) is 3.06. The molecule has 0 aliphatic heterocycles. The third-order valence-electron chi connectivity index (χ3n) is 3.70. The van der Waals surface area contributed by atoms with Crippen molar-refractivity contribution in [1.82, 2.24) is 0 Å². The average molecular weight is 203 g/mol. The lowest BCUT2D eigenvalue weighted by Gasteiger charge is -2.13. The highest BCUT2D eigenvalue weighted by Crippen LogP contribution is 2.46. The van der Waals surface area contributed by atoms with Crippen molar-refractivity contribution < 1.29 is 0 Å². The van der Waals surface area contributed by atoms with Crippen LogP contribution in [0, 0.1) is 12.8 Å². The molecule has 2 rings (SSSR count). The quantitative estimate of drug-likeness (QED) is 0.799. The van der Waals surface area contributed by atoms with Gasteiger partial charge in [-0.25, -0.2) is 0 Å². The zero-order valence-corrected chi connectivity index (χ0v) is 9.79. The van der Waals surface area contributed by atoms with Crippen LogP contribution in [0.4, 0.5) is 0 Å². The van der Waals surface area contributed by atoms with Crippen molar-refractivity contribution in [1.29, 1.82) is 0 Å². The van der Waals surface area contributed by atoms with E-state index in [1.165, 1.54) is 30.4 Å². The molecule has 2 unspecified atom stereocenters. The Balaban J connectivity index is 2.02. The van der Waals surface area contributed by atoms with E-state index in [0.717, 1.165) is 12.3 Å². The predicted molar refractivity (Wildman–Crippen MR) is 64.8 cm³/mol. The van der Waals surface area contributed by atoms with Gasteiger partial charge in [-0.1, -0.05) is 37.6 Å². The Hall–Kier alpha value is -0.820. The molecule has 15 heavy (non-hydrogen) atoms. The van der Waals surface area contributed by atoms with Gasteiger partial charge in [0.2, 0.25) is 0 Å². The Morgan fingerprint density at radius 1 is 1.40 bits per heavy atom. The van der Waals surface area contributed by atoms with Gasteiger partial charge in [0.05, 0.1) is 0 Å². The van der Waals surface area contributed by atoms with E-state index in [1.54, 1.807) is 0 Å². The maximum Gasteiger partial charge on any atom is 0.0227 e. The molecule has 1 aliphatic rings. The van der Waals surface area contributed by atoms with Crippen LogP contribution in [-0.2, 0) is 6.42 Å². The van der Waals surface area contributed by atoms with Crippen LogP contribution in [0.2, 0.25) is 0 Å². The standard InChI is InChI=1S/C14H21N/c1-3-6-13-10-14(13,15)9-12-8-5-4-7-11(12)2/h4-5,7-8,13H,3,6,9-10,15H2,1-2H3. The van der Waals surface area contributed by atoms with E-state index < -0.39 is 0 Å². The highest BCUT2D eigenvalue weighted by Gasteiger charge is 2.49. The molecular weight excluding hydrogens is 182 g/mol. The lowest BCUT2D eigenvalue weighted by molar-refractivity contribution is 0.555. The number of benzene rings is 1. The third kappa shape index (κ3) is 2.23. The molecule has 0 saturated heterocycles. The molecule has 2 atom stereocenters. The van der Waals surface area contributed by atoms with Crippen molar-refractivity contribution in [2.45, 2.75) is 45.1 Å². The number of hydrogen-bond acceptors (Lipinski definition) is 1. The van der Waals surface area contributed by atoms with Crippen molar-refractivity contribution in [2.24, 2.45) is 11.7 Å². The maximum atomic E-state index is 6.38. The Morgan fingerprint density at radius 2 is 2.13 bits per heavy atom. The Bertz CT molecular complexity index is 345. The summed E-state index contributed by atoms with van der Waals surface area (Å²) in [5.41, 5.74) is 9.30. The van der Waals surface area contributed by atoms with Gasteiger partial charge < -0.3 is 5.73 Å². The zero-order valence-electron chi connectivity index (χ0n) is 9.79. The molecule has 0 radical (unpaired) electrons. The van der Waals surface area contributed by atoms with Crippen LogP contribution in [0.15, 0.2) is 24.3 Å². The molecule has 0 bridgehead atoms. The van der Waals surface area contributed by atoms with Crippen molar-refractivity contribution in [3.63, 3.8) is 0 Å². The SMILES string of the molecule is CCCC1CC1(N)Cc1ccccc1C. The normalized spacial score (nSPS) is 29.1. The van der Waals surface area contributed by atoms with Crippen LogP contribution in [0.1, 0.15) is 37.3 Å². The van der Waals surface area contributed by atoms with E-state index in [4.69, 9.17) is 5.73 Å². The molecule has 1 aromatic carbocycles. The minimum Gasteiger partial charge on any atom is -0.325 e. The van der Waals surface area contributed by atoms with Gasteiger partial charge in [-0.2, -0.15) is 0 Å². The summed E-state index contributed by atoms with van der Waals surface area (Å²) in [6.45, 7) is 4.42. The van der Waals surface area contributed by atoms with Crippen LogP contribution in [0.25, 0.3) is 0 Å². The fourth-order valence-electron chi connectivity index (χ4n) is 2.52. The summed E-state index contributed by atoms with van der Waals surface area (Å²) in [5, 5.41) is 0. The first kappa shape index (κ1) is 10.7. The Kier molecular flexibility index (Phi) is 2.83. The summed E-state index contributed by atoms with van der Waals surface area (Å²) < 4.78 is 0. The molecule has 0 heterocycles. The number of rotatable bonds is 4. The van der Waals surface area contributed by atoms with Gasteiger partial charge in [0.15, 0.2) is 0 Å². The smallest absolute Gasteiger partial charge is 0.0227 e. The number of nitrogens with two attached hydrogens (primary N) is 1. The summed E-state index contributed by atoms with van der Waals surface area (Å²) in [4.78, 5) is 0. The van der Waals surface area contributed by atoms with Crippen LogP contribution < -0.4 is 5.73 Å².